The Hall–Kier alpha value is -1.56. The number of carbonyl (C=O) groups is 1. The second kappa shape index (κ2) is 4.97. The molecule has 1 aliphatic carbocycles. The smallest absolute Gasteiger partial charge is 0.249 e. The van der Waals surface area contributed by atoms with Gasteiger partial charge in [-0.05, 0) is 25.7 Å². The molecule has 3 N–H and O–H groups in total. The normalized spacial score (nSPS) is 16.4. The van der Waals surface area contributed by atoms with Crippen molar-refractivity contribution in [1.82, 2.24) is 15.2 Å². The quantitative estimate of drug-likeness (QED) is 0.800. The van der Waals surface area contributed by atoms with Crippen molar-refractivity contribution in [3.05, 3.63) is 11.4 Å². The number of carbonyl (C=O) groups excluding carboxylic acids is 1. The third-order valence-electron chi connectivity index (χ3n) is 3.46. The van der Waals surface area contributed by atoms with Gasteiger partial charge in [-0.25, -0.2) is 4.98 Å². The average Bonchev–Trinajstić information content (AvgIpc) is 3.19. The Balaban J connectivity index is 2.12. The van der Waals surface area contributed by atoms with Crippen molar-refractivity contribution >= 4 is 11.9 Å². The van der Waals surface area contributed by atoms with Crippen molar-refractivity contribution in [3.63, 3.8) is 0 Å². The molecular weight excluding hydrogens is 230 g/mol. The lowest BCUT2D eigenvalue weighted by Gasteiger charge is -2.12. The minimum absolute atomic E-state index is 0.0851. The molecule has 0 atom stereocenters. The molecule has 1 aromatic rings. The fourth-order valence-corrected chi connectivity index (χ4v) is 1.90. The van der Waals surface area contributed by atoms with Gasteiger partial charge >= 0.3 is 0 Å². The van der Waals surface area contributed by atoms with Gasteiger partial charge < -0.3 is 5.73 Å². The molecule has 0 aromatic carbocycles. The summed E-state index contributed by atoms with van der Waals surface area (Å²) in [6.07, 6.45) is 3.26. The van der Waals surface area contributed by atoms with Gasteiger partial charge in [0.05, 0.1) is 16.8 Å². The largest absolute Gasteiger partial charge is 0.329 e. The van der Waals surface area contributed by atoms with E-state index in [-0.39, 0.29) is 17.3 Å². The first-order valence-electron chi connectivity index (χ1n) is 6.39. The highest BCUT2D eigenvalue weighted by Crippen LogP contribution is 2.45. The zero-order valence-corrected chi connectivity index (χ0v) is 10.9. The summed E-state index contributed by atoms with van der Waals surface area (Å²) < 4.78 is 0. The van der Waals surface area contributed by atoms with Crippen LogP contribution in [0.15, 0.2) is 0 Å². The Kier molecular flexibility index (Phi) is 3.56. The molecule has 1 fully saturated rings. The molecular formula is C12H19N5O. The highest BCUT2D eigenvalue weighted by atomic mass is 16.2. The van der Waals surface area contributed by atoms with Gasteiger partial charge in [-0.15, -0.1) is 10.2 Å². The van der Waals surface area contributed by atoms with Crippen LogP contribution in [0.25, 0.3) is 0 Å². The van der Waals surface area contributed by atoms with E-state index in [1.54, 1.807) is 0 Å². The van der Waals surface area contributed by atoms with Crippen LogP contribution in [-0.4, -0.2) is 27.6 Å². The molecule has 1 heterocycles. The highest BCUT2D eigenvalue weighted by molar-refractivity contribution is 5.96. The molecule has 2 rings (SSSR count). The van der Waals surface area contributed by atoms with Crippen LogP contribution in [-0.2, 0) is 17.6 Å². The maximum Gasteiger partial charge on any atom is 0.249 e. The summed E-state index contributed by atoms with van der Waals surface area (Å²) >= 11 is 0. The Labute approximate surface area is 106 Å². The van der Waals surface area contributed by atoms with Gasteiger partial charge in [-0.3, -0.25) is 10.1 Å². The number of nitrogens with zero attached hydrogens (tertiary/aromatic N) is 3. The Morgan fingerprint density at radius 3 is 2.44 bits per heavy atom. The molecule has 6 heteroatoms. The van der Waals surface area contributed by atoms with Crippen LogP contribution in [0.3, 0.4) is 0 Å². The second-order valence-corrected chi connectivity index (χ2v) is 4.67. The molecule has 0 spiro atoms. The number of nitrogens with one attached hydrogen (secondary N) is 1. The van der Waals surface area contributed by atoms with Gasteiger partial charge in [0.25, 0.3) is 0 Å². The maximum absolute atomic E-state index is 12.0. The van der Waals surface area contributed by atoms with Crippen molar-refractivity contribution in [2.24, 2.45) is 11.1 Å². The van der Waals surface area contributed by atoms with Crippen LogP contribution in [0.2, 0.25) is 0 Å². The van der Waals surface area contributed by atoms with Gasteiger partial charge in [0.1, 0.15) is 0 Å². The van der Waals surface area contributed by atoms with E-state index >= 15 is 0 Å². The lowest BCUT2D eigenvalue weighted by Crippen LogP contribution is -2.31. The monoisotopic (exact) mass is 249 g/mol. The van der Waals surface area contributed by atoms with Gasteiger partial charge in [0.2, 0.25) is 11.9 Å². The van der Waals surface area contributed by atoms with E-state index in [9.17, 15) is 4.79 Å². The van der Waals surface area contributed by atoms with Crippen LogP contribution in [0.4, 0.5) is 5.95 Å². The van der Waals surface area contributed by atoms with Gasteiger partial charge in [-0.1, -0.05) is 13.8 Å². The molecule has 0 saturated heterocycles. The van der Waals surface area contributed by atoms with Crippen LogP contribution in [0, 0.1) is 5.41 Å². The third kappa shape index (κ3) is 2.33. The number of anilines is 1. The number of rotatable bonds is 5. The molecule has 0 aliphatic heterocycles. The van der Waals surface area contributed by atoms with E-state index in [2.05, 4.69) is 20.5 Å². The number of hydrogen-bond donors (Lipinski definition) is 2. The minimum atomic E-state index is -0.390. The lowest BCUT2D eigenvalue weighted by molar-refractivity contribution is -0.120. The van der Waals surface area contributed by atoms with Crippen molar-refractivity contribution < 1.29 is 4.79 Å². The molecule has 98 valence electrons. The molecule has 6 nitrogen and oxygen atoms in total. The van der Waals surface area contributed by atoms with Crippen molar-refractivity contribution in [2.45, 2.75) is 39.5 Å². The number of nitrogens with two attached hydrogens (primary N) is 1. The molecule has 0 bridgehead atoms. The Morgan fingerprint density at radius 1 is 1.28 bits per heavy atom. The van der Waals surface area contributed by atoms with Crippen LogP contribution < -0.4 is 11.1 Å². The predicted octanol–water partition coefficient (Wildman–Crippen LogP) is 0.674. The number of aromatic nitrogens is 3. The molecule has 1 saturated carbocycles. The molecule has 0 radical (unpaired) electrons. The van der Waals surface area contributed by atoms with Gasteiger partial charge in [-0.2, -0.15) is 0 Å². The van der Waals surface area contributed by atoms with Crippen LogP contribution >= 0.6 is 0 Å². The average molecular weight is 249 g/mol. The topological polar surface area (TPSA) is 93.8 Å². The molecule has 1 amide bonds. The summed E-state index contributed by atoms with van der Waals surface area (Å²) in [7, 11) is 0. The first-order valence-corrected chi connectivity index (χ1v) is 6.39. The second-order valence-electron chi connectivity index (χ2n) is 4.67. The van der Waals surface area contributed by atoms with E-state index in [1.807, 2.05) is 13.8 Å². The maximum atomic E-state index is 12.0. The van der Waals surface area contributed by atoms with Crippen molar-refractivity contribution in [1.29, 1.82) is 0 Å². The molecule has 1 aromatic heterocycles. The third-order valence-corrected chi connectivity index (χ3v) is 3.46. The van der Waals surface area contributed by atoms with Crippen LogP contribution in [0.1, 0.15) is 38.1 Å². The molecule has 18 heavy (non-hydrogen) atoms. The Morgan fingerprint density at radius 2 is 1.94 bits per heavy atom. The fraction of sp³-hybridized carbons (Fsp3) is 0.667. The fourth-order valence-electron chi connectivity index (χ4n) is 1.90. The molecule has 0 unspecified atom stereocenters. The van der Waals surface area contributed by atoms with Crippen LogP contribution in [0.5, 0.6) is 0 Å². The summed E-state index contributed by atoms with van der Waals surface area (Å²) in [5, 5.41) is 10.7. The van der Waals surface area contributed by atoms with E-state index in [1.165, 1.54) is 0 Å². The zero-order valence-electron chi connectivity index (χ0n) is 10.9. The Bertz CT molecular complexity index is 456. The lowest BCUT2D eigenvalue weighted by atomic mass is 10.1. The first-order chi connectivity index (χ1) is 8.65. The number of hydrogen-bond acceptors (Lipinski definition) is 5. The van der Waals surface area contributed by atoms with E-state index in [4.69, 9.17) is 5.73 Å². The first kappa shape index (κ1) is 12.9. The van der Waals surface area contributed by atoms with Crippen molar-refractivity contribution in [2.75, 3.05) is 11.9 Å². The summed E-state index contributed by atoms with van der Waals surface area (Å²) in [6.45, 7) is 4.40. The minimum Gasteiger partial charge on any atom is -0.329 e. The summed E-state index contributed by atoms with van der Waals surface area (Å²) in [6, 6.07) is 0. The molecule has 1 aliphatic rings. The zero-order chi connectivity index (χ0) is 13.2. The van der Waals surface area contributed by atoms with Gasteiger partial charge in [0, 0.05) is 6.54 Å². The summed E-state index contributed by atoms with van der Waals surface area (Å²) in [5.41, 5.74) is 6.99. The number of aryl methyl sites for hydroxylation is 2. The summed E-state index contributed by atoms with van der Waals surface area (Å²) in [5.74, 6) is 0.201. The number of amides is 1. The highest BCUT2D eigenvalue weighted by Gasteiger charge is 2.48. The summed E-state index contributed by atoms with van der Waals surface area (Å²) in [4.78, 5) is 16.3. The van der Waals surface area contributed by atoms with E-state index in [0.717, 1.165) is 37.1 Å². The van der Waals surface area contributed by atoms with E-state index in [0.29, 0.717) is 6.54 Å². The standard InChI is InChI=1S/C12H19N5O/c1-3-8-9(4-2)16-17-11(14-8)15-10(18)12(7-13)5-6-12/h3-7,13H2,1-2H3,(H,14,15,17,18). The predicted molar refractivity (Wildman–Crippen MR) is 67.9 cm³/mol. The van der Waals surface area contributed by atoms with Crippen molar-refractivity contribution in [3.8, 4) is 0 Å². The van der Waals surface area contributed by atoms with Gasteiger partial charge in [0.15, 0.2) is 0 Å². The SMILES string of the molecule is CCc1nnc(NC(=O)C2(CN)CC2)nc1CC. The van der Waals surface area contributed by atoms with E-state index < -0.39 is 0 Å².